The third-order valence-corrected chi connectivity index (χ3v) is 7.09. The summed E-state index contributed by atoms with van der Waals surface area (Å²) in [6.45, 7) is 0. The molecule has 5 aromatic rings. The number of nitrogens with zero attached hydrogens (tertiary/aromatic N) is 3. The standard InChI is InChI=1S/C25H18N6O3S2/c26-22-21(36-25(30-22)28-18-10-5-11-19(13-18)31(33)34)24-29-20(14-35-24)16-8-4-9-17(12-16)27-23(32)15-6-2-1-3-7-15/h1-14H,26H2,(H,27,32)(H,28,30). The predicted octanol–water partition coefficient (Wildman–Crippen LogP) is 6.42. The Morgan fingerprint density at radius 1 is 0.944 bits per heavy atom. The Kier molecular flexibility index (Phi) is 6.39. The van der Waals surface area contributed by atoms with Crippen LogP contribution in [0.4, 0.5) is 28.0 Å². The van der Waals surface area contributed by atoms with Crippen LogP contribution in [0.5, 0.6) is 0 Å². The first-order chi connectivity index (χ1) is 17.5. The van der Waals surface area contributed by atoms with E-state index in [4.69, 9.17) is 10.7 Å². The molecule has 3 aromatic carbocycles. The molecule has 0 spiro atoms. The number of anilines is 4. The monoisotopic (exact) mass is 514 g/mol. The van der Waals surface area contributed by atoms with Gasteiger partial charge in [-0.3, -0.25) is 14.9 Å². The van der Waals surface area contributed by atoms with Crippen LogP contribution in [-0.2, 0) is 0 Å². The number of hydrogen-bond acceptors (Lipinski definition) is 9. The topological polar surface area (TPSA) is 136 Å². The van der Waals surface area contributed by atoms with Crippen molar-refractivity contribution in [2.45, 2.75) is 0 Å². The number of nitro benzene ring substituents is 1. The molecule has 0 saturated heterocycles. The highest BCUT2D eigenvalue weighted by atomic mass is 32.1. The van der Waals surface area contributed by atoms with Crippen molar-refractivity contribution in [3.63, 3.8) is 0 Å². The summed E-state index contributed by atoms with van der Waals surface area (Å²) < 4.78 is 0. The molecule has 2 aromatic heterocycles. The molecule has 0 atom stereocenters. The van der Waals surface area contributed by atoms with Crippen LogP contribution in [0, 0.1) is 10.1 Å². The smallest absolute Gasteiger partial charge is 0.271 e. The van der Waals surface area contributed by atoms with Crippen LogP contribution in [0.2, 0.25) is 0 Å². The van der Waals surface area contributed by atoms with E-state index in [9.17, 15) is 14.9 Å². The summed E-state index contributed by atoms with van der Waals surface area (Å²) in [6, 6.07) is 22.7. The van der Waals surface area contributed by atoms with Gasteiger partial charge in [-0.1, -0.05) is 47.7 Å². The van der Waals surface area contributed by atoms with E-state index in [1.807, 2.05) is 47.8 Å². The molecule has 1 amide bonds. The number of carbonyl (C=O) groups excluding carboxylic acids is 1. The van der Waals surface area contributed by atoms with E-state index in [-0.39, 0.29) is 11.6 Å². The van der Waals surface area contributed by atoms with Crippen molar-refractivity contribution in [1.82, 2.24) is 9.97 Å². The lowest BCUT2D eigenvalue weighted by Crippen LogP contribution is -2.11. The molecule has 2 heterocycles. The van der Waals surface area contributed by atoms with Crippen molar-refractivity contribution in [2.75, 3.05) is 16.4 Å². The molecule has 0 aliphatic rings. The van der Waals surface area contributed by atoms with Gasteiger partial charge in [-0.25, -0.2) is 9.97 Å². The summed E-state index contributed by atoms with van der Waals surface area (Å²) in [5.74, 6) is 0.130. The Balaban J connectivity index is 1.34. The first kappa shape index (κ1) is 23.1. The van der Waals surface area contributed by atoms with E-state index in [0.29, 0.717) is 37.8 Å². The largest absolute Gasteiger partial charge is 0.382 e. The van der Waals surface area contributed by atoms with Crippen LogP contribution < -0.4 is 16.4 Å². The van der Waals surface area contributed by atoms with E-state index in [0.717, 1.165) is 11.3 Å². The molecular weight excluding hydrogens is 496 g/mol. The van der Waals surface area contributed by atoms with Gasteiger partial charge >= 0.3 is 0 Å². The number of non-ortho nitro benzene ring substituents is 1. The van der Waals surface area contributed by atoms with Gasteiger partial charge in [0.1, 0.15) is 15.7 Å². The van der Waals surface area contributed by atoms with Crippen molar-refractivity contribution >= 4 is 56.6 Å². The Morgan fingerprint density at radius 2 is 1.72 bits per heavy atom. The normalized spacial score (nSPS) is 10.7. The molecule has 36 heavy (non-hydrogen) atoms. The Labute approximate surface area is 213 Å². The van der Waals surface area contributed by atoms with E-state index in [1.165, 1.54) is 34.8 Å². The highest BCUT2D eigenvalue weighted by Gasteiger charge is 2.16. The minimum absolute atomic E-state index is 0.0171. The number of nitrogens with two attached hydrogens (primary N) is 1. The Hall–Kier alpha value is -4.61. The molecule has 0 saturated carbocycles. The van der Waals surface area contributed by atoms with Crippen LogP contribution in [-0.4, -0.2) is 20.8 Å². The molecule has 5 rings (SSSR count). The summed E-state index contributed by atoms with van der Waals surface area (Å²) in [5, 5.41) is 20.1. The van der Waals surface area contributed by atoms with Crippen LogP contribution in [0.15, 0.2) is 84.2 Å². The van der Waals surface area contributed by atoms with Gasteiger partial charge in [0.05, 0.1) is 10.6 Å². The summed E-state index contributed by atoms with van der Waals surface area (Å²) in [7, 11) is 0. The number of aromatic nitrogens is 2. The fourth-order valence-electron chi connectivity index (χ4n) is 3.42. The Morgan fingerprint density at radius 3 is 2.53 bits per heavy atom. The Bertz CT molecular complexity index is 1570. The number of amides is 1. The van der Waals surface area contributed by atoms with Crippen molar-refractivity contribution < 1.29 is 9.72 Å². The van der Waals surface area contributed by atoms with E-state index in [1.54, 1.807) is 24.3 Å². The summed E-state index contributed by atoms with van der Waals surface area (Å²) >= 11 is 2.74. The molecule has 0 aliphatic carbocycles. The minimum Gasteiger partial charge on any atom is -0.382 e. The lowest BCUT2D eigenvalue weighted by molar-refractivity contribution is -0.384. The molecule has 0 aliphatic heterocycles. The molecule has 0 radical (unpaired) electrons. The summed E-state index contributed by atoms with van der Waals surface area (Å²) in [4.78, 5) is 32.8. The van der Waals surface area contributed by atoms with Gasteiger partial charge in [0.2, 0.25) is 0 Å². The predicted molar refractivity (Wildman–Crippen MR) is 144 cm³/mol. The SMILES string of the molecule is Nc1nc(Nc2cccc([N+](=O)[O-])c2)sc1-c1nc(-c2cccc(NC(=O)c3ccccc3)c2)cs1. The molecule has 0 unspecified atom stereocenters. The zero-order chi connectivity index (χ0) is 25.1. The van der Waals surface area contributed by atoms with Gasteiger partial charge in [-0.15, -0.1) is 11.3 Å². The van der Waals surface area contributed by atoms with Crippen LogP contribution in [0.25, 0.3) is 21.1 Å². The maximum Gasteiger partial charge on any atom is 0.271 e. The zero-order valence-corrected chi connectivity index (χ0v) is 20.2. The van der Waals surface area contributed by atoms with Gasteiger partial charge in [-0.2, -0.15) is 0 Å². The average Bonchev–Trinajstić information content (AvgIpc) is 3.51. The zero-order valence-electron chi connectivity index (χ0n) is 18.5. The molecule has 0 fully saturated rings. The maximum atomic E-state index is 12.5. The molecule has 11 heteroatoms. The molecule has 178 valence electrons. The lowest BCUT2D eigenvalue weighted by atomic mass is 10.1. The van der Waals surface area contributed by atoms with Crippen LogP contribution in [0.3, 0.4) is 0 Å². The quantitative estimate of drug-likeness (QED) is 0.168. The van der Waals surface area contributed by atoms with E-state index >= 15 is 0 Å². The van der Waals surface area contributed by atoms with Gasteiger partial charge in [0, 0.05) is 40.0 Å². The average molecular weight is 515 g/mol. The second-order valence-electron chi connectivity index (χ2n) is 7.60. The van der Waals surface area contributed by atoms with E-state index in [2.05, 4.69) is 15.6 Å². The number of nitro groups is 1. The van der Waals surface area contributed by atoms with Crippen molar-refractivity contribution in [3.8, 4) is 21.1 Å². The van der Waals surface area contributed by atoms with Gasteiger partial charge < -0.3 is 16.4 Å². The minimum atomic E-state index is -0.452. The number of thiazole rings is 2. The van der Waals surface area contributed by atoms with Crippen LogP contribution >= 0.6 is 22.7 Å². The maximum absolute atomic E-state index is 12.5. The highest BCUT2D eigenvalue weighted by molar-refractivity contribution is 7.23. The third-order valence-electron chi connectivity index (χ3n) is 5.11. The van der Waals surface area contributed by atoms with Crippen molar-refractivity contribution in [3.05, 3.63) is 99.9 Å². The number of hydrogen-bond donors (Lipinski definition) is 3. The number of nitrogen functional groups attached to an aromatic ring is 1. The van der Waals surface area contributed by atoms with Gasteiger partial charge in [0.25, 0.3) is 11.6 Å². The lowest BCUT2D eigenvalue weighted by Gasteiger charge is -2.06. The van der Waals surface area contributed by atoms with E-state index < -0.39 is 4.92 Å². The number of nitrogens with one attached hydrogen (secondary N) is 2. The molecular formula is C25H18N6O3S2. The summed E-state index contributed by atoms with van der Waals surface area (Å²) in [6.07, 6.45) is 0. The highest BCUT2D eigenvalue weighted by Crippen LogP contribution is 2.39. The number of carbonyl (C=O) groups is 1. The second-order valence-corrected chi connectivity index (χ2v) is 9.46. The molecule has 9 nitrogen and oxygen atoms in total. The second kappa shape index (κ2) is 9.94. The van der Waals surface area contributed by atoms with Gasteiger partial charge in [0.15, 0.2) is 5.13 Å². The van der Waals surface area contributed by atoms with Crippen molar-refractivity contribution in [2.24, 2.45) is 0 Å². The van der Waals surface area contributed by atoms with Crippen LogP contribution in [0.1, 0.15) is 10.4 Å². The molecule has 0 bridgehead atoms. The number of rotatable bonds is 7. The first-order valence-corrected chi connectivity index (χ1v) is 12.4. The molecule has 4 N–H and O–H groups in total. The van der Waals surface area contributed by atoms with Crippen molar-refractivity contribution in [1.29, 1.82) is 0 Å². The van der Waals surface area contributed by atoms with Gasteiger partial charge in [-0.05, 0) is 30.3 Å². The third kappa shape index (κ3) is 5.06. The first-order valence-electron chi connectivity index (χ1n) is 10.7. The fraction of sp³-hybridized carbons (Fsp3) is 0. The number of benzene rings is 3. The fourth-order valence-corrected chi connectivity index (χ4v) is 5.25. The summed E-state index contributed by atoms with van der Waals surface area (Å²) in [5.41, 5.74) is 9.51.